The van der Waals surface area contributed by atoms with Gasteiger partial charge in [-0.3, -0.25) is 4.79 Å². The Labute approximate surface area is 159 Å². The average Bonchev–Trinajstić information content (AvgIpc) is 2.65. The summed E-state index contributed by atoms with van der Waals surface area (Å²) < 4.78 is 5.24. The van der Waals surface area contributed by atoms with Crippen molar-refractivity contribution in [3.63, 3.8) is 0 Å². The molecule has 0 saturated heterocycles. The van der Waals surface area contributed by atoms with Crippen molar-refractivity contribution in [3.8, 4) is 5.75 Å². The maximum atomic E-state index is 12.3. The molecule has 0 bridgehead atoms. The van der Waals surface area contributed by atoms with Crippen molar-refractivity contribution in [1.29, 1.82) is 0 Å². The molecule has 6 heteroatoms. The summed E-state index contributed by atoms with van der Waals surface area (Å²) in [6, 6.07) is 14.9. The maximum absolute atomic E-state index is 12.3. The molecule has 3 N–H and O–H groups in total. The highest BCUT2D eigenvalue weighted by atomic mass is 16.5. The first-order valence-electron chi connectivity index (χ1n) is 8.91. The molecule has 0 fully saturated rings. The van der Waals surface area contributed by atoms with E-state index >= 15 is 0 Å². The molecule has 1 atom stereocenters. The van der Waals surface area contributed by atoms with Crippen molar-refractivity contribution in [2.24, 2.45) is 0 Å². The molecule has 2 aromatic carbocycles. The van der Waals surface area contributed by atoms with Crippen molar-refractivity contribution >= 4 is 12.0 Å². The molecule has 1 unspecified atom stereocenters. The summed E-state index contributed by atoms with van der Waals surface area (Å²) in [6.45, 7) is 2.33. The van der Waals surface area contributed by atoms with Crippen LogP contribution in [0.2, 0.25) is 0 Å². The quantitative estimate of drug-likeness (QED) is 0.632. The molecule has 0 aliphatic carbocycles. The molecule has 2 aromatic rings. The van der Waals surface area contributed by atoms with Crippen LogP contribution in [0.4, 0.5) is 4.79 Å². The van der Waals surface area contributed by atoms with Crippen molar-refractivity contribution in [2.45, 2.75) is 38.8 Å². The molecule has 0 heterocycles. The van der Waals surface area contributed by atoms with Crippen molar-refractivity contribution < 1.29 is 19.4 Å². The molecule has 2 rings (SSSR count). The van der Waals surface area contributed by atoms with Crippen LogP contribution in [0.25, 0.3) is 0 Å². The number of aryl methyl sites for hydroxylation is 1. The average molecular weight is 370 g/mol. The van der Waals surface area contributed by atoms with Crippen LogP contribution < -0.4 is 15.4 Å². The molecule has 0 aromatic heterocycles. The molecule has 0 spiro atoms. The number of carboxylic acids is 1. The number of hydrogen-bond donors (Lipinski definition) is 3. The zero-order valence-electron chi connectivity index (χ0n) is 15.7. The van der Waals surface area contributed by atoms with E-state index < -0.39 is 5.97 Å². The van der Waals surface area contributed by atoms with Gasteiger partial charge in [0.2, 0.25) is 0 Å². The Balaban J connectivity index is 1.93. The van der Waals surface area contributed by atoms with Crippen LogP contribution in [0, 0.1) is 6.92 Å². The smallest absolute Gasteiger partial charge is 0.315 e. The summed E-state index contributed by atoms with van der Waals surface area (Å²) in [6.07, 6.45) is 0.961. The lowest BCUT2D eigenvalue weighted by Gasteiger charge is -2.19. The molecule has 6 nitrogen and oxygen atoms in total. The molecular formula is C21H26N2O4. The number of rotatable bonds is 9. The van der Waals surface area contributed by atoms with E-state index in [2.05, 4.69) is 10.6 Å². The van der Waals surface area contributed by atoms with Crippen LogP contribution in [-0.2, 0) is 17.8 Å². The molecule has 0 aliphatic heterocycles. The lowest BCUT2D eigenvalue weighted by Crippen LogP contribution is -2.43. The number of carboxylic acid groups (broad SMARTS) is 1. The van der Waals surface area contributed by atoms with Crippen molar-refractivity contribution in [2.75, 3.05) is 7.11 Å². The second kappa shape index (κ2) is 10.2. The summed E-state index contributed by atoms with van der Waals surface area (Å²) in [7, 11) is 1.61. The zero-order chi connectivity index (χ0) is 19.6. The summed E-state index contributed by atoms with van der Waals surface area (Å²) in [5, 5.41) is 14.7. The highest BCUT2D eigenvalue weighted by Gasteiger charge is 2.15. The van der Waals surface area contributed by atoms with E-state index in [1.54, 1.807) is 7.11 Å². The third-order valence-electron chi connectivity index (χ3n) is 4.17. The fraction of sp³-hybridized carbons (Fsp3) is 0.333. The van der Waals surface area contributed by atoms with Gasteiger partial charge in [0.05, 0.1) is 7.11 Å². The Bertz CT molecular complexity index is 762. The van der Waals surface area contributed by atoms with Crippen LogP contribution in [-0.4, -0.2) is 30.3 Å². The zero-order valence-corrected chi connectivity index (χ0v) is 15.7. The monoisotopic (exact) mass is 370 g/mol. The fourth-order valence-electron chi connectivity index (χ4n) is 2.88. The lowest BCUT2D eigenvalue weighted by atomic mass is 10.0. The van der Waals surface area contributed by atoms with Gasteiger partial charge >= 0.3 is 12.0 Å². The first-order chi connectivity index (χ1) is 13.0. The van der Waals surface area contributed by atoms with Crippen LogP contribution >= 0.6 is 0 Å². The topological polar surface area (TPSA) is 87.7 Å². The van der Waals surface area contributed by atoms with E-state index in [9.17, 15) is 9.59 Å². The minimum atomic E-state index is -0.873. The Morgan fingerprint density at radius 3 is 2.52 bits per heavy atom. The molecular weight excluding hydrogens is 344 g/mol. The number of methoxy groups -OCH3 is 1. The van der Waals surface area contributed by atoms with E-state index in [1.807, 2.05) is 55.5 Å². The van der Waals surface area contributed by atoms with E-state index in [-0.39, 0.29) is 18.5 Å². The number of hydrogen-bond acceptors (Lipinski definition) is 3. The highest BCUT2D eigenvalue weighted by Crippen LogP contribution is 2.16. The Morgan fingerprint density at radius 2 is 1.85 bits per heavy atom. The summed E-state index contributed by atoms with van der Waals surface area (Å²) in [4.78, 5) is 23.2. The predicted molar refractivity (Wildman–Crippen MR) is 104 cm³/mol. The summed E-state index contributed by atoms with van der Waals surface area (Å²) in [5.74, 6) is -0.127. The molecule has 2 amide bonds. The molecule has 27 heavy (non-hydrogen) atoms. The second-order valence-electron chi connectivity index (χ2n) is 6.50. The number of aliphatic carboxylic acids is 1. The Morgan fingerprint density at radius 1 is 1.11 bits per heavy atom. The number of amides is 2. The molecule has 0 saturated carbocycles. The van der Waals surface area contributed by atoms with Gasteiger partial charge in [0, 0.05) is 19.0 Å². The van der Waals surface area contributed by atoms with Gasteiger partial charge in [0.25, 0.3) is 0 Å². The number of nitrogens with one attached hydrogen (secondary N) is 2. The van der Waals surface area contributed by atoms with Crippen LogP contribution in [0.1, 0.15) is 29.5 Å². The van der Waals surface area contributed by atoms with E-state index in [0.29, 0.717) is 19.4 Å². The Hall–Kier alpha value is -3.02. The summed E-state index contributed by atoms with van der Waals surface area (Å²) >= 11 is 0. The standard InChI is InChI=1S/C21H26N2O4/c1-15-10-17(13-19(11-15)27-2)14-22-21(26)23-18(8-9-20(24)25)12-16-6-4-3-5-7-16/h3-7,10-11,13,18H,8-9,12,14H2,1-2H3,(H,24,25)(H2,22,23,26). The number of carbonyl (C=O) groups excluding carboxylic acids is 1. The van der Waals surface area contributed by atoms with Crippen LogP contribution in [0.15, 0.2) is 48.5 Å². The summed E-state index contributed by atoms with van der Waals surface area (Å²) in [5.41, 5.74) is 3.04. The fourth-order valence-corrected chi connectivity index (χ4v) is 2.88. The minimum absolute atomic E-state index is 0.00680. The van der Waals surface area contributed by atoms with E-state index in [4.69, 9.17) is 9.84 Å². The molecule has 144 valence electrons. The highest BCUT2D eigenvalue weighted by molar-refractivity contribution is 5.74. The van der Waals surface area contributed by atoms with Gasteiger partial charge in [-0.25, -0.2) is 4.79 Å². The molecule has 0 radical (unpaired) electrons. The van der Waals surface area contributed by atoms with Gasteiger partial charge in [-0.05, 0) is 48.6 Å². The predicted octanol–water partition coefficient (Wildman–Crippen LogP) is 3.28. The second-order valence-corrected chi connectivity index (χ2v) is 6.50. The van der Waals surface area contributed by atoms with Crippen molar-refractivity contribution in [3.05, 3.63) is 65.2 Å². The van der Waals surface area contributed by atoms with E-state index in [1.165, 1.54) is 0 Å². The maximum Gasteiger partial charge on any atom is 0.315 e. The number of carbonyl (C=O) groups is 2. The number of ether oxygens (including phenoxy) is 1. The third-order valence-corrected chi connectivity index (χ3v) is 4.17. The number of benzene rings is 2. The Kier molecular flexibility index (Phi) is 7.67. The normalized spacial score (nSPS) is 11.5. The van der Waals surface area contributed by atoms with Gasteiger partial charge in [-0.2, -0.15) is 0 Å². The van der Waals surface area contributed by atoms with Crippen LogP contribution in [0.3, 0.4) is 0 Å². The van der Waals surface area contributed by atoms with E-state index in [0.717, 1.165) is 22.4 Å². The van der Waals surface area contributed by atoms with Gasteiger partial charge in [-0.1, -0.05) is 36.4 Å². The largest absolute Gasteiger partial charge is 0.497 e. The van der Waals surface area contributed by atoms with Gasteiger partial charge in [0.15, 0.2) is 0 Å². The van der Waals surface area contributed by atoms with Crippen LogP contribution in [0.5, 0.6) is 5.75 Å². The first kappa shape index (κ1) is 20.3. The number of urea groups is 1. The van der Waals surface area contributed by atoms with Gasteiger partial charge in [-0.15, -0.1) is 0 Å². The third kappa shape index (κ3) is 7.40. The van der Waals surface area contributed by atoms with Crippen molar-refractivity contribution in [1.82, 2.24) is 10.6 Å². The SMILES string of the molecule is COc1cc(C)cc(CNC(=O)NC(CCC(=O)O)Cc2ccccc2)c1. The minimum Gasteiger partial charge on any atom is -0.497 e. The lowest BCUT2D eigenvalue weighted by molar-refractivity contribution is -0.137. The first-order valence-corrected chi connectivity index (χ1v) is 8.91. The van der Waals surface area contributed by atoms with Gasteiger partial charge in [0.1, 0.15) is 5.75 Å². The van der Waals surface area contributed by atoms with Gasteiger partial charge < -0.3 is 20.5 Å². The molecule has 0 aliphatic rings.